The number of carbonyl (C=O) groups excluding carboxylic acids is 3. The molecule has 1 aromatic carbocycles. The molecule has 0 atom stereocenters. The van der Waals surface area contributed by atoms with Crippen molar-refractivity contribution in [2.24, 2.45) is 0 Å². The number of benzene rings is 1. The zero-order valence-electron chi connectivity index (χ0n) is 13.6. The van der Waals surface area contributed by atoms with Crippen LogP contribution in [0.25, 0.3) is 0 Å². The Morgan fingerprint density at radius 2 is 2.08 bits per heavy atom. The van der Waals surface area contributed by atoms with E-state index < -0.39 is 23.7 Å². The Kier molecular flexibility index (Phi) is 5.07. The minimum atomic E-state index is -0.602. The van der Waals surface area contributed by atoms with Gasteiger partial charge in [-0.1, -0.05) is 18.2 Å². The first kappa shape index (κ1) is 17.3. The minimum Gasteiger partial charge on any atom is -0.436 e. The number of para-hydroxylation sites is 1. The highest BCUT2D eigenvalue weighted by Gasteiger charge is 2.30. The number of nitrogens with one attached hydrogen (secondary N) is 2. The fourth-order valence-electron chi connectivity index (χ4n) is 2.29. The van der Waals surface area contributed by atoms with Gasteiger partial charge in [0.2, 0.25) is 11.8 Å². The van der Waals surface area contributed by atoms with Crippen molar-refractivity contribution in [1.82, 2.24) is 20.5 Å². The maximum absolute atomic E-state index is 13.7. The summed E-state index contributed by atoms with van der Waals surface area (Å²) in [5.74, 6) is -1.36. The molecule has 0 aliphatic carbocycles. The average Bonchev–Trinajstić information content (AvgIpc) is 2.95. The molecule has 2 aromatic rings. The van der Waals surface area contributed by atoms with Crippen molar-refractivity contribution in [2.75, 3.05) is 13.1 Å². The van der Waals surface area contributed by atoms with E-state index in [1.165, 1.54) is 24.4 Å². The summed E-state index contributed by atoms with van der Waals surface area (Å²) < 4.78 is 19.2. The van der Waals surface area contributed by atoms with Gasteiger partial charge in [-0.25, -0.2) is 14.2 Å². The van der Waals surface area contributed by atoms with Crippen molar-refractivity contribution < 1.29 is 23.5 Å². The number of carbonyl (C=O) groups is 3. The van der Waals surface area contributed by atoms with Crippen molar-refractivity contribution in [2.45, 2.75) is 6.54 Å². The Morgan fingerprint density at radius 3 is 2.81 bits per heavy atom. The summed E-state index contributed by atoms with van der Waals surface area (Å²) in [4.78, 5) is 39.8. The first-order valence-electron chi connectivity index (χ1n) is 7.76. The summed E-state index contributed by atoms with van der Waals surface area (Å²) in [5.41, 5.74) is 0.515. The minimum absolute atomic E-state index is 0.0121. The number of hydrogen-bond donors (Lipinski definition) is 2. The summed E-state index contributed by atoms with van der Waals surface area (Å²) in [6.07, 6.45) is 1.48. The molecule has 0 radical (unpaired) electrons. The van der Waals surface area contributed by atoms with E-state index in [9.17, 15) is 18.8 Å². The lowest BCUT2D eigenvalue weighted by molar-refractivity contribution is -0.130. The third-order valence-electron chi connectivity index (χ3n) is 3.61. The van der Waals surface area contributed by atoms with Gasteiger partial charge in [0, 0.05) is 18.3 Å². The maximum Gasteiger partial charge on any atom is 0.325 e. The van der Waals surface area contributed by atoms with Crippen LogP contribution < -0.4 is 15.4 Å². The number of imide groups is 1. The van der Waals surface area contributed by atoms with E-state index in [4.69, 9.17) is 4.74 Å². The number of nitrogens with zero attached hydrogens (tertiary/aromatic N) is 2. The van der Waals surface area contributed by atoms with Crippen LogP contribution in [0.3, 0.4) is 0 Å². The lowest BCUT2D eigenvalue weighted by atomic mass is 10.2. The number of pyridine rings is 1. The van der Waals surface area contributed by atoms with Gasteiger partial charge in [0.15, 0.2) is 11.6 Å². The molecule has 2 heterocycles. The van der Waals surface area contributed by atoms with Crippen molar-refractivity contribution in [3.63, 3.8) is 0 Å². The topological polar surface area (TPSA) is 101 Å². The number of urea groups is 1. The molecule has 9 heteroatoms. The smallest absolute Gasteiger partial charge is 0.325 e. The second-order valence-electron chi connectivity index (χ2n) is 5.42. The van der Waals surface area contributed by atoms with E-state index in [-0.39, 0.29) is 31.3 Å². The summed E-state index contributed by atoms with van der Waals surface area (Å²) in [6, 6.07) is 8.60. The van der Waals surface area contributed by atoms with Gasteiger partial charge in [0.1, 0.15) is 6.54 Å². The van der Waals surface area contributed by atoms with Crippen molar-refractivity contribution >= 4 is 17.8 Å². The molecule has 1 aromatic heterocycles. The quantitative estimate of drug-likeness (QED) is 0.756. The number of ether oxygens (including phenoxy) is 1. The third kappa shape index (κ3) is 3.94. The standard InChI is InChI=1S/C17H15FN4O4/c18-12-5-1-2-6-13(12)26-16-11(4-3-7-19-16)8-20-14(23)10-22-15(24)9-21-17(22)25/h1-7H,8-10H2,(H,20,23)(H,21,25). The van der Waals surface area contributed by atoms with Gasteiger partial charge in [0.05, 0.1) is 6.54 Å². The first-order chi connectivity index (χ1) is 12.5. The second kappa shape index (κ2) is 7.60. The molecule has 1 saturated heterocycles. The molecule has 3 rings (SSSR count). The van der Waals surface area contributed by atoms with E-state index >= 15 is 0 Å². The number of hydrogen-bond acceptors (Lipinski definition) is 5. The van der Waals surface area contributed by atoms with E-state index in [1.54, 1.807) is 18.2 Å². The highest BCUT2D eigenvalue weighted by molar-refractivity contribution is 6.04. The van der Waals surface area contributed by atoms with Crippen LogP contribution in [-0.2, 0) is 16.1 Å². The van der Waals surface area contributed by atoms with Gasteiger partial charge >= 0.3 is 6.03 Å². The van der Waals surface area contributed by atoms with Gasteiger partial charge in [-0.3, -0.25) is 14.5 Å². The van der Waals surface area contributed by atoms with Crippen LogP contribution in [0.15, 0.2) is 42.6 Å². The van der Waals surface area contributed by atoms with Crippen LogP contribution in [0.1, 0.15) is 5.56 Å². The summed E-state index contributed by atoms with van der Waals surface area (Å²) in [5, 5.41) is 4.91. The Balaban J connectivity index is 1.63. The molecule has 0 unspecified atom stereocenters. The van der Waals surface area contributed by atoms with Gasteiger partial charge in [-0.15, -0.1) is 0 Å². The van der Waals surface area contributed by atoms with E-state index in [2.05, 4.69) is 15.6 Å². The van der Waals surface area contributed by atoms with Crippen molar-refractivity contribution in [1.29, 1.82) is 0 Å². The molecule has 26 heavy (non-hydrogen) atoms. The van der Waals surface area contributed by atoms with Crippen LogP contribution in [-0.4, -0.2) is 40.8 Å². The van der Waals surface area contributed by atoms with E-state index in [0.717, 1.165) is 4.90 Å². The Hall–Kier alpha value is -3.49. The molecule has 0 spiro atoms. The van der Waals surface area contributed by atoms with Gasteiger partial charge in [0.25, 0.3) is 5.91 Å². The molecule has 0 saturated carbocycles. The Morgan fingerprint density at radius 1 is 1.27 bits per heavy atom. The highest BCUT2D eigenvalue weighted by atomic mass is 19.1. The zero-order valence-corrected chi connectivity index (χ0v) is 13.6. The second-order valence-corrected chi connectivity index (χ2v) is 5.42. The molecule has 1 aliphatic heterocycles. The molecule has 0 bridgehead atoms. The molecular formula is C17H15FN4O4. The first-order valence-corrected chi connectivity index (χ1v) is 7.76. The number of halogens is 1. The zero-order chi connectivity index (χ0) is 18.5. The summed E-state index contributed by atoms with van der Waals surface area (Å²) in [6.45, 7) is -0.454. The summed E-state index contributed by atoms with van der Waals surface area (Å²) >= 11 is 0. The van der Waals surface area contributed by atoms with E-state index in [1.807, 2.05) is 0 Å². The van der Waals surface area contributed by atoms with Crippen LogP contribution in [0, 0.1) is 5.82 Å². The number of aromatic nitrogens is 1. The van der Waals surface area contributed by atoms with Crippen LogP contribution >= 0.6 is 0 Å². The van der Waals surface area contributed by atoms with E-state index in [0.29, 0.717) is 5.56 Å². The normalized spacial score (nSPS) is 13.5. The van der Waals surface area contributed by atoms with Gasteiger partial charge in [-0.05, 0) is 18.2 Å². The molecule has 8 nitrogen and oxygen atoms in total. The maximum atomic E-state index is 13.7. The lowest BCUT2D eigenvalue weighted by Crippen LogP contribution is -2.40. The van der Waals surface area contributed by atoms with Crippen molar-refractivity contribution in [3.8, 4) is 11.6 Å². The largest absolute Gasteiger partial charge is 0.436 e. The molecule has 2 N–H and O–H groups in total. The average molecular weight is 358 g/mol. The summed E-state index contributed by atoms with van der Waals surface area (Å²) in [7, 11) is 0. The number of rotatable bonds is 6. The Bertz CT molecular complexity index is 842. The molecule has 4 amide bonds. The number of amides is 4. The van der Waals surface area contributed by atoms with Crippen LogP contribution in [0.2, 0.25) is 0 Å². The van der Waals surface area contributed by atoms with Gasteiger partial charge in [-0.2, -0.15) is 0 Å². The highest BCUT2D eigenvalue weighted by Crippen LogP contribution is 2.25. The molecule has 134 valence electrons. The van der Waals surface area contributed by atoms with Crippen LogP contribution in [0.5, 0.6) is 11.6 Å². The monoisotopic (exact) mass is 358 g/mol. The molecular weight excluding hydrogens is 343 g/mol. The SMILES string of the molecule is O=C(CN1C(=O)CNC1=O)NCc1cccnc1Oc1ccccc1F. The fraction of sp³-hybridized carbons (Fsp3) is 0.176. The predicted molar refractivity (Wildman–Crippen MR) is 87.7 cm³/mol. The fourth-order valence-corrected chi connectivity index (χ4v) is 2.29. The van der Waals surface area contributed by atoms with Crippen LogP contribution in [0.4, 0.5) is 9.18 Å². The molecule has 1 fully saturated rings. The third-order valence-corrected chi connectivity index (χ3v) is 3.61. The Labute approximate surface area is 148 Å². The molecule has 1 aliphatic rings. The van der Waals surface area contributed by atoms with Gasteiger partial charge < -0.3 is 15.4 Å². The van der Waals surface area contributed by atoms with Crippen molar-refractivity contribution in [3.05, 3.63) is 54.0 Å². The predicted octanol–water partition coefficient (Wildman–Crippen LogP) is 1.18. The lowest BCUT2D eigenvalue weighted by Gasteiger charge is -2.13.